The first kappa shape index (κ1) is 16.8. The Kier molecular flexibility index (Phi) is 5.08. The maximum absolute atomic E-state index is 3.45. The Balaban J connectivity index is 3.28. The molecule has 0 aliphatic heterocycles. The zero-order valence-corrected chi connectivity index (χ0v) is 16.2. The summed E-state index contributed by atoms with van der Waals surface area (Å²) in [4.78, 5) is 0. The monoisotopic (exact) mass is 298 g/mol. The highest BCUT2D eigenvalue weighted by molar-refractivity contribution is 6.84. The molecule has 0 nitrogen and oxygen atoms in total. The smallest absolute Gasteiger partial charge is 0.127 e. The third kappa shape index (κ3) is 5.82. The van der Waals surface area contributed by atoms with Crippen molar-refractivity contribution in [3.8, 4) is 22.9 Å². The Hall–Kier alpha value is -1.23. The summed E-state index contributed by atoms with van der Waals surface area (Å²) >= 11 is 0. The molecule has 0 spiro atoms. The van der Waals surface area contributed by atoms with Crippen LogP contribution in [0.5, 0.6) is 0 Å². The van der Waals surface area contributed by atoms with Crippen LogP contribution in [0.3, 0.4) is 0 Å². The minimum Gasteiger partial charge on any atom is -0.127 e. The lowest BCUT2D eigenvalue weighted by Gasteiger charge is -2.08. The first-order valence-electron chi connectivity index (χ1n) is 7.15. The van der Waals surface area contributed by atoms with Gasteiger partial charge in [0.1, 0.15) is 16.1 Å². The molecule has 1 aromatic carbocycles. The second-order valence-electron chi connectivity index (χ2n) is 7.48. The molecular weight excluding hydrogens is 272 g/mol. The summed E-state index contributed by atoms with van der Waals surface area (Å²) in [6.07, 6.45) is 0. The van der Waals surface area contributed by atoms with Crippen LogP contribution in [-0.4, -0.2) is 16.1 Å². The van der Waals surface area contributed by atoms with Gasteiger partial charge in [0.15, 0.2) is 0 Å². The predicted molar refractivity (Wildman–Crippen MR) is 96.4 cm³/mol. The topological polar surface area (TPSA) is 0 Å². The van der Waals surface area contributed by atoms with Gasteiger partial charge in [-0.05, 0) is 31.0 Å². The van der Waals surface area contributed by atoms with Crippen LogP contribution >= 0.6 is 0 Å². The number of hydrogen-bond donors (Lipinski definition) is 0. The lowest BCUT2D eigenvalue weighted by Crippen LogP contribution is -2.16. The van der Waals surface area contributed by atoms with E-state index in [-0.39, 0.29) is 0 Å². The van der Waals surface area contributed by atoms with Gasteiger partial charge in [0, 0.05) is 11.1 Å². The van der Waals surface area contributed by atoms with Gasteiger partial charge in [-0.1, -0.05) is 57.2 Å². The fraction of sp³-hybridized carbons (Fsp3) is 0.444. The number of rotatable bonds is 0. The van der Waals surface area contributed by atoms with Crippen LogP contribution in [0.2, 0.25) is 39.3 Å². The van der Waals surface area contributed by atoms with Crippen molar-refractivity contribution >= 4 is 16.1 Å². The average molecular weight is 299 g/mol. The maximum atomic E-state index is 3.45. The summed E-state index contributed by atoms with van der Waals surface area (Å²) in [6, 6.07) is 4.38. The van der Waals surface area contributed by atoms with Crippen LogP contribution in [0, 0.1) is 36.8 Å². The third-order valence-corrected chi connectivity index (χ3v) is 4.47. The number of hydrogen-bond acceptors (Lipinski definition) is 0. The second-order valence-corrected chi connectivity index (χ2v) is 17.0. The van der Waals surface area contributed by atoms with E-state index in [4.69, 9.17) is 0 Å². The summed E-state index contributed by atoms with van der Waals surface area (Å²) in [5.74, 6) is 6.75. The Morgan fingerprint density at radius 3 is 1.30 bits per heavy atom. The molecule has 0 radical (unpaired) electrons. The van der Waals surface area contributed by atoms with E-state index >= 15 is 0 Å². The van der Waals surface area contributed by atoms with Gasteiger partial charge in [-0.2, -0.15) is 0 Å². The lowest BCUT2D eigenvalue weighted by atomic mass is 10.0. The van der Waals surface area contributed by atoms with Crippen LogP contribution in [0.25, 0.3) is 0 Å². The van der Waals surface area contributed by atoms with E-state index in [0.717, 1.165) is 11.1 Å². The van der Waals surface area contributed by atoms with Crippen molar-refractivity contribution < 1.29 is 0 Å². The zero-order valence-electron chi connectivity index (χ0n) is 14.2. The summed E-state index contributed by atoms with van der Waals surface area (Å²) in [5, 5.41) is 0. The summed E-state index contributed by atoms with van der Waals surface area (Å²) in [7, 11) is -2.67. The Bertz CT molecular complexity index is 565. The van der Waals surface area contributed by atoms with Crippen molar-refractivity contribution in [2.45, 2.75) is 53.1 Å². The van der Waals surface area contributed by atoms with Gasteiger partial charge >= 0.3 is 0 Å². The van der Waals surface area contributed by atoms with Crippen molar-refractivity contribution in [2.24, 2.45) is 0 Å². The van der Waals surface area contributed by atoms with Crippen molar-refractivity contribution in [1.29, 1.82) is 0 Å². The minimum absolute atomic E-state index is 1.14. The summed E-state index contributed by atoms with van der Waals surface area (Å²) in [6.45, 7) is 17.9. The van der Waals surface area contributed by atoms with Crippen LogP contribution in [0.4, 0.5) is 0 Å². The molecule has 0 bridgehead atoms. The summed E-state index contributed by atoms with van der Waals surface area (Å²) < 4.78 is 0. The van der Waals surface area contributed by atoms with E-state index in [1.54, 1.807) is 0 Å². The molecular formula is C18H26Si2. The molecule has 106 valence electrons. The van der Waals surface area contributed by atoms with Crippen molar-refractivity contribution in [1.82, 2.24) is 0 Å². The normalized spacial score (nSPS) is 11.2. The molecule has 0 aliphatic carbocycles. The second kappa shape index (κ2) is 6.04. The van der Waals surface area contributed by atoms with E-state index in [1.165, 1.54) is 11.1 Å². The quantitative estimate of drug-likeness (QED) is 0.478. The van der Waals surface area contributed by atoms with E-state index in [0.29, 0.717) is 0 Å². The van der Waals surface area contributed by atoms with Gasteiger partial charge in [0.25, 0.3) is 0 Å². The SMILES string of the molecule is Cc1cc(C)c(C#C[Si](C)(C)C)cc1C#C[Si](C)(C)C. The fourth-order valence-corrected chi connectivity index (χ4v) is 2.65. The number of aryl methyl sites for hydroxylation is 2. The Labute approximate surface area is 127 Å². The lowest BCUT2D eigenvalue weighted by molar-refractivity contribution is 1.34. The van der Waals surface area contributed by atoms with Crippen molar-refractivity contribution in [2.75, 3.05) is 0 Å². The molecule has 0 N–H and O–H groups in total. The van der Waals surface area contributed by atoms with Crippen LogP contribution in [-0.2, 0) is 0 Å². The molecule has 1 rings (SSSR count). The van der Waals surface area contributed by atoms with E-state index in [2.05, 4.69) is 88.2 Å². The highest BCUT2D eigenvalue weighted by Crippen LogP contribution is 2.15. The van der Waals surface area contributed by atoms with Gasteiger partial charge in [-0.25, -0.2) is 0 Å². The average Bonchev–Trinajstić information content (AvgIpc) is 2.24. The maximum Gasteiger partial charge on any atom is 0.129 e. The first-order valence-corrected chi connectivity index (χ1v) is 14.2. The Morgan fingerprint density at radius 1 is 0.650 bits per heavy atom. The molecule has 0 heterocycles. The van der Waals surface area contributed by atoms with Gasteiger partial charge in [0.2, 0.25) is 0 Å². The first-order chi connectivity index (χ1) is 8.98. The van der Waals surface area contributed by atoms with Crippen LogP contribution in [0.15, 0.2) is 12.1 Å². The molecule has 0 atom stereocenters. The third-order valence-electron chi connectivity index (χ3n) is 2.72. The van der Waals surface area contributed by atoms with Gasteiger partial charge in [-0.3, -0.25) is 0 Å². The van der Waals surface area contributed by atoms with Gasteiger partial charge in [-0.15, -0.1) is 11.1 Å². The highest BCUT2D eigenvalue weighted by Gasteiger charge is 2.10. The summed E-state index contributed by atoms with van der Waals surface area (Å²) in [5.41, 5.74) is 11.7. The van der Waals surface area contributed by atoms with Gasteiger partial charge < -0.3 is 0 Å². The van der Waals surface area contributed by atoms with Crippen LogP contribution < -0.4 is 0 Å². The standard InChI is InChI=1S/C18H26Si2/c1-15-13-16(2)18(10-12-20(6,7)8)14-17(15)9-11-19(3,4)5/h13-14H,1-8H3. The van der Waals surface area contributed by atoms with Crippen molar-refractivity contribution in [3.05, 3.63) is 34.4 Å². The number of benzene rings is 1. The molecule has 2 heteroatoms. The van der Waals surface area contributed by atoms with Crippen molar-refractivity contribution in [3.63, 3.8) is 0 Å². The highest BCUT2D eigenvalue weighted by atomic mass is 28.3. The zero-order chi connectivity index (χ0) is 15.6. The fourth-order valence-electron chi connectivity index (χ4n) is 1.63. The van der Waals surface area contributed by atoms with Crippen LogP contribution in [0.1, 0.15) is 22.3 Å². The molecule has 0 aromatic heterocycles. The molecule has 0 aliphatic rings. The molecule has 0 amide bonds. The molecule has 0 saturated carbocycles. The van der Waals surface area contributed by atoms with E-state index in [9.17, 15) is 0 Å². The largest absolute Gasteiger partial charge is 0.129 e. The molecule has 20 heavy (non-hydrogen) atoms. The molecule has 0 fully saturated rings. The Morgan fingerprint density at radius 2 is 1.00 bits per heavy atom. The molecule has 0 unspecified atom stereocenters. The molecule has 0 saturated heterocycles. The van der Waals surface area contributed by atoms with Gasteiger partial charge in [0.05, 0.1) is 0 Å². The molecule has 1 aromatic rings. The van der Waals surface area contributed by atoms with E-state index in [1.807, 2.05) is 0 Å². The van der Waals surface area contributed by atoms with E-state index < -0.39 is 16.1 Å². The predicted octanol–water partition coefficient (Wildman–Crippen LogP) is 4.76. The minimum atomic E-state index is -1.33.